The summed E-state index contributed by atoms with van der Waals surface area (Å²) in [6, 6.07) is 7.95. The molecular weight excluding hydrogens is 178 g/mol. The molecule has 0 unspecified atom stereocenters. The van der Waals surface area contributed by atoms with Gasteiger partial charge in [0.1, 0.15) is 0 Å². The molecule has 1 aromatic rings. The Bertz CT molecular complexity index is 284. The summed E-state index contributed by atoms with van der Waals surface area (Å²) in [6.45, 7) is 3.89. The number of aliphatic hydroxyl groups excluding tert-OH is 1. The van der Waals surface area contributed by atoms with Gasteiger partial charge in [0.2, 0.25) is 6.41 Å². The van der Waals surface area contributed by atoms with Crippen LogP contribution in [0.1, 0.15) is 11.1 Å². The van der Waals surface area contributed by atoms with E-state index in [-0.39, 0.29) is 13.0 Å². The van der Waals surface area contributed by atoms with Crippen molar-refractivity contribution in [3.63, 3.8) is 0 Å². The lowest BCUT2D eigenvalue weighted by atomic mass is 10.1. The molecule has 0 saturated heterocycles. The van der Waals surface area contributed by atoms with Crippen LogP contribution < -0.4 is 5.73 Å². The van der Waals surface area contributed by atoms with E-state index in [2.05, 4.69) is 12.3 Å². The average molecular weight is 193 g/mol. The zero-order valence-electron chi connectivity index (χ0n) is 8.02. The van der Waals surface area contributed by atoms with Crippen molar-refractivity contribution in [1.29, 1.82) is 0 Å². The fourth-order valence-electron chi connectivity index (χ4n) is 1.08. The Morgan fingerprint density at radius 2 is 2.00 bits per heavy atom. The molecule has 1 rings (SSSR count). The third-order valence-corrected chi connectivity index (χ3v) is 1.66. The van der Waals surface area contributed by atoms with Gasteiger partial charge < -0.3 is 10.8 Å². The monoisotopic (exact) mass is 193 g/mol. The summed E-state index contributed by atoms with van der Waals surface area (Å²) in [4.78, 5) is 8.58. The Morgan fingerprint density at radius 3 is 2.50 bits per heavy atom. The number of benzene rings is 1. The molecule has 0 spiro atoms. The van der Waals surface area contributed by atoms with Crippen molar-refractivity contribution in [2.24, 2.45) is 5.73 Å². The molecule has 76 valence electrons. The van der Waals surface area contributed by atoms with Crippen LogP contribution in [0.4, 0.5) is 0 Å². The summed E-state index contributed by atoms with van der Waals surface area (Å²) in [5.41, 5.74) is 6.44. The first-order valence-electron chi connectivity index (χ1n) is 4.26. The van der Waals surface area contributed by atoms with Crippen LogP contribution >= 0.6 is 0 Å². The Kier molecular flexibility index (Phi) is 7.09. The molecule has 3 N–H and O–H groups in total. The molecule has 0 aliphatic rings. The lowest BCUT2D eigenvalue weighted by Gasteiger charge is -2.01. The largest absolute Gasteiger partial charge is 0.396 e. The fraction of sp³-hybridized carbons (Fsp3) is 0.182. The Balaban J connectivity index is 0.000000500. The van der Waals surface area contributed by atoms with Crippen LogP contribution in [0.3, 0.4) is 0 Å². The second kappa shape index (κ2) is 8.01. The maximum atomic E-state index is 8.71. The molecule has 3 heteroatoms. The molecule has 1 amide bonds. The van der Waals surface area contributed by atoms with Crippen molar-refractivity contribution >= 4 is 12.5 Å². The number of rotatable bonds is 3. The molecule has 3 nitrogen and oxygen atoms in total. The number of nitrogens with two attached hydrogens (primary N) is 1. The first-order chi connectivity index (χ1) is 6.79. The van der Waals surface area contributed by atoms with Gasteiger partial charge in [-0.25, -0.2) is 0 Å². The van der Waals surface area contributed by atoms with Crippen LogP contribution in [0.2, 0.25) is 0 Å². The van der Waals surface area contributed by atoms with Crippen LogP contribution in [0.25, 0.3) is 6.08 Å². The van der Waals surface area contributed by atoms with Crippen LogP contribution in [0.15, 0.2) is 30.8 Å². The molecule has 0 aromatic heterocycles. The van der Waals surface area contributed by atoms with Gasteiger partial charge in [0, 0.05) is 6.61 Å². The molecule has 0 bridgehead atoms. The van der Waals surface area contributed by atoms with E-state index in [0.717, 1.165) is 11.1 Å². The van der Waals surface area contributed by atoms with Gasteiger partial charge in [-0.1, -0.05) is 36.9 Å². The minimum absolute atomic E-state index is 0.199. The van der Waals surface area contributed by atoms with E-state index in [1.165, 1.54) is 0 Å². The van der Waals surface area contributed by atoms with Crippen molar-refractivity contribution < 1.29 is 9.90 Å². The Hall–Kier alpha value is -1.61. The van der Waals surface area contributed by atoms with Crippen LogP contribution in [-0.2, 0) is 11.2 Å². The quantitative estimate of drug-likeness (QED) is 0.702. The third-order valence-electron chi connectivity index (χ3n) is 1.66. The predicted molar refractivity (Wildman–Crippen MR) is 57.6 cm³/mol. The van der Waals surface area contributed by atoms with Crippen LogP contribution in [0, 0.1) is 0 Å². The molecule has 0 fully saturated rings. The number of hydrogen-bond acceptors (Lipinski definition) is 2. The minimum Gasteiger partial charge on any atom is -0.396 e. The Labute approximate surface area is 83.9 Å². The first-order valence-corrected chi connectivity index (χ1v) is 4.26. The number of hydrogen-bond donors (Lipinski definition) is 2. The summed E-state index contributed by atoms with van der Waals surface area (Å²) in [5.74, 6) is 0. The normalized spacial score (nSPS) is 8.36. The zero-order valence-corrected chi connectivity index (χ0v) is 8.02. The SMILES string of the molecule is C=Cc1ccccc1CCO.NC=O. The number of amides is 1. The van der Waals surface area contributed by atoms with Gasteiger partial charge in [-0.15, -0.1) is 0 Å². The van der Waals surface area contributed by atoms with Crippen molar-refractivity contribution in [1.82, 2.24) is 0 Å². The lowest BCUT2D eigenvalue weighted by molar-refractivity contribution is -0.106. The molecule has 0 aliphatic carbocycles. The van der Waals surface area contributed by atoms with E-state index in [1.54, 1.807) is 0 Å². The summed E-state index contributed by atoms with van der Waals surface area (Å²) in [7, 11) is 0. The van der Waals surface area contributed by atoms with Crippen molar-refractivity contribution in [3.8, 4) is 0 Å². The van der Waals surface area contributed by atoms with Crippen molar-refractivity contribution in [2.45, 2.75) is 6.42 Å². The van der Waals surface area contributed by atoms with Crippen molar-refractivity contribution in [2.75, 3.05) is 6.61 Å². The van der Waals surface area contributed by atoms with Crippen molar-refractivity contribution in [3.05, 3.63) is 42.0 Å². The first kappa shape index (κ1) is 12.4. The summed E-state index contributed by atoms with van der Waals surface area (Å²) in [6.07, 6.45) is 2.77. The van der Waals surface area contributed by atoms with E-state index in [9.17, 15) is 0 Å². The van der Waals surface area contributed by atoms with Crippen LogP contribution in [0.5, 0.6) is 0 Å². The molecule has 0 heterocycles. The van der Waals surface area contributed by atoms with Gasteiger partial charge in [0.05, 0.1) is 0 Å². The topological polar surface area (TPSA) is 63.3 Å². The fourth-order valence-corrected chi connectivity index (χ4v) is 1.08. The molecule has 0 aliphatic heterocycles. The standard InChI is InChI=1S/C10H12O.CH3NO/c1-2-9-5-3-4-6-10(9)7-8-11;2-1-3/h2-6,11H,1,7-8H2;1H,(H2,2,3). The second-order valence-corrected chi connectivity index (χ2v) is 2.51. The van der Waals surface area contributed by atoms with Gasteiger partial charge >= 0.3 is 0 Å². The van der Waals surface area contributed by atoms with E-state index in [4.69, 9.17) is 9.90 Å². The van der Waals surface area contributed by atoms with Crippen LogP contribution in [-0.4, -0.2) is 18.1 Å². The number of carbonyl (C=O) groups excluding carboxylic acids is 1. The molecule has 1 aromatic carbocycles. The maximum absolute atomic E-state index is 8.71. The summed E-state index contributed by atoms with van der Waals surface area (Å²) < 4.78 is 0. The highest BCUT2D eigenvalue weighted by molar-refractivity contribution is 5.51. The second-order valence-electron chi connectivity index (χ2n) is 2.51. The average Bonchev–Trinajstić information content (AvgIpc) is 2.20. The highest BCUT2D eigenvalue weighted by Crippen LogP contribution is 2.09. The molecule has 0 radical (unpaired) electrons. The number of aliphatic hydroxyl groups is 1. The van der Waals surface area contributed by atoms with Gasteiger partial charge in [0.25, 0.3) is 0 Å². The van der Waals surface area contributed by atoms with Gasteiger partial charge in [-0.3, -0.25) is 4.79 Å². The molecule has 0 atom stereocenters. The highest BCUT2D eigenvalue weighted by Gasteiger charge is 1.94. The van der Waals surface area contributed by atoms with Gasteiger partial charge in [-0.2, -0.15) is 0 Å². The molecule has 0 saturated carbocycles. The number of carbonyl (C=O) groups is 1. The molecular formula is C11H15NO2. The van der Waals surface area contributed by atoms with Gasteiger partial charge in [-0.05, 0) is 17.5 Å². The predicted octanol–water partition coefficient (Wildman–Crippen LogP) is 0.966. The summed E-state index contributed by atoms with van der Waals surface area (Å²) in [5, 5.41) is 8.71. The minimum atomic E-state index is 0.199. The van der Waals surface area contributed by atoms with Gasteiger partial charge in [0.15, 0.2) is 0 Å². The molecule has 14 heavy (non-hydrogen) atoms. The third kappa shape index (κ3) is 4.42. The van der Waals surface area contributed by atoms with E-state index >= 15 is 0 Å². The van der Waals surface area contributed by atoms with E-state index in [1.807, 2.05) is 30.3 Å². The Morgan fingerprint density at radius 1 is 1.43 bits per heavy atom. The lowest BCUT2D eigenvalue weighted by Crippen LogP contribution is -1.92. The summed E-state index contributed by atoms with van der Waals surface area (Å²) >= 11 is 0. The highest BCUT2D eigenvalue weighted by atomic mass is 16.2. The maximum Gasteiger partial charge on any atom is 0.204 e. The number of primary amides is 1. The van der Waals surface area contributed by atoms with E-state index in [0.29, 0.717) is 6.42 Å². The van der Waals surface area contributed by atoms with E-state index < -0.39 is 0 Å². The smallest absolute Gasteiger partial charge is 0.204 e. The zero-order chi connectivity index (χ0) is 10.8.